The van der Waals surface area contributed by atoms with Crippen molar-refractivity contribution in [3.63, 3.8) is 0 Å². The van der Waals surface area contributed by atoms with Crippen LogP contribution in [0.4, 0.5) is 5.69 Å². The van der Waals surface area contributed by atoms with E-state index in [0.717, 1.165) is 43.9 Å². The molecule has 1 aromatic carbocycles. The summed E-state index contributed by atoms with van der Waals surface area (Å²) in [6, 6.07) is 2.75. The van der Waals surface area contributed by atoms with Gasteiger partial charge in [-0.05, 0) is 37.5 Å². The second-order valence-corrected chi connectivity index (χ2v) is 7.99. The number of benzene rings is 1. The topological polar surface area (TPSA) is 151 Å². The molecule has 1 unspecified atom stereocenters. The van der Waals surface area contributed by atoms with Crippen molar-refractivity contribution in [2.45, 2.75) is 51.3 Å². The number of carbonyl (C=O) groups excluding carboxylic acids is 2. The van der Waals surface area contributed by atoms with Crippen LogP contribution in [0.3, 0.4) is 0 Å². The van der Waals surface area contributed by atoms with Gasteiger partial charge >= 0.3 is 29.6 Å². The Morgan fingerprint density at radius 3 is 2.48 bits per heavy atom. The Hall–Kier alpha value is -1.46. The van der Waals surface area contributed by atoms with E-state index >= 15 is 0 Å². The molecule has 1 aromatic rings. The second-order valence-electron chi connectivity index (χ2n) is 6.43. The zero-order valence-electron chi connectivity index (χ0n) is 17.3. The number of sulfonamides is 1. The Morgan fingerprint density at radius 1 is 1.31 bits per heavy atom. The van der Waals surface area contributed by atoms with Gasteiger partial charge in [-0.3, -0.25) is 0 Å². The van der Waals surface area contributed by atoms with E-state index in [2.05, 4.69) is 22.5 Å². The van der Waals surface area contributed by atoms with E-state index in [1.807, 2.05) is 6.92 Å². The molecule has 0 saturated heterocycles. The maximum absolute atomic E-state index is 12.3. The summed E-state index contributed by atoms with van der Waals surface area (Å²) in [5.74, 6) is -1.35. The van der Waals surface area contributed by atoms with Crippen LogP contribution >= 0.6 is 0 Å². The van der Waals surface area contributed by atoms with E-state index in [-0.39, 0.29) is 45.9 Å². The normalized spacial score (nSPS) is 12.3. The van der Waals surface area contributed by atoms with Crippen molar-refractivity contribution in [1.82, 2.24) is 5.32 Å². The van der Waals surface area contributed by atoms with Gasteiger partial charge in [-0.2, -0.15) is 5.11 Å². The number of nitrogens with zero attached hydrogens (tertiary/aromatic N) is 2. The predicted octanol–water partition coefficient (Wildman–Crippen LogP) is -0.419. The van der Waals surface area contributed by atoms with Crippen molar-refractivity contribution in [2.75, 3.05) is 6.54 Å². The molecular formula is C18H27N4NaO5S. The minimum absolute atomic E-state index is 0. The number of ketones is 1. The average molecular weight is 434 g/mol. The molecule has 0 saturated carbocycles. The van der Waals surface area contributed by atoms with Crippen LogP contribution in [0, 0.1) is 12.0 Å². The number of nitrogens with one attached hydrogen (secondary N) is 1. The molecule has 0 aliphatic rings. The van der Waals surface area contributed by atoms with Crippen LogP contribution in [-0.2, 0) is 19.6 Å². The monoisotopic (exact) mass is 434 g/mol. The number of Topliss-reactive ketones (excluding diaryl/α,β-unsaturated/α-hetero) is 1. The average Bonchev–Trinajstić information content (AvgIpc) is 2.62. The van der Waals surface area contributed by atoms with Crippen LogP contribution in [0.25, 0.3) is 0 Å². The Bertz CT molecular complexity index is 830. The zero-order valence-corrected chi connectivity index (χ0v) is 20.1. The maximum Gasteiger partial charge on any atom is 1.00 e. The van der Waals surface area contributed by atoms with Gasteiger partial charge < -0.3 is 25.1 Å². The number of hydrogen-bond acceptors (Lipinski definition) is 7. The SMILES string of the molecule is CCCCC(CC)CNC(=O)[C-](N=Nc1cc(S(N)(=O)=O)ccc1O)C(C)=O.[Na+]. The molecule has 1 atom stereocenters. The fraction of sp³-hybridized carbons (Fsp3) is 0.500. The molecule has 0 heterocycles. The number of carbonyl (C=O) groups is 2. The molecule has 156 valence electrons. The number of azo groups is 1. The first-order chi connectivity index (χ1) is 13.1. The van der Waals surface area contributed by atoms with E-state index in [0.29, 0.717) is 12.5 Å². The van der Waals surface area contributed by atoms with Gasteiger partial charge in [-0.15, -0.1) is 6.04 Å². The van der Waals surface area contributed by atoms with E-state index in [4.69, 9.17) is 5.14 Å². The quantitative estimate of drug-likeness (QED) is 0.187. The number of aromatic hydroxyl groups is 1. The van der Waals surface area contributed by atoms with Crippen LogP contribution in [0.2, 0.25) is 0 Å². The van der Waals surface area contributed by atoms with Gasteiger partial charge in [0.15, 0.2) is 0 Å². The largest absolute Gasteiger partial charge is 1.00 e. The standard InChI is InChI=1S/C18H27N4O5S.Na/c1-4-6-7-13(5-2)11-20-18(25)17(12(3)23)22-21-15-10-14(28(19,26)27)8-9-16(15)24;/h8-10,13,24H,4-7,11H2,1-3H3,(H,20,25)(H2,19,26,27);/q-1;+1. The summed E-state index contributed by atoms with van der Waals surface area (Å²) in [6.45, 7) is 5.70. The molecule has 9 nitrogen and oxygen atoms in total. The van der Waals surface area contributed by atoms with Crippen LogP contribution in [0.5, 0.6) is 5.75 Å². The van der Waals surface area contributed by atoms with Crippen molar-refractivity contribution in [1.29, 1.82) is 0 Å². The molecule has 1 rings (SSSR count). The second kappa shape index (κ2) is 13.0. The first-order valence-corrected chi connectivity index (χ1v) is 10.6. The van der Waals surface area contributed by atoms with Gasteiger partial charge in [-0.25, -0.2) is 13.6 Å². The minimum Gasteiger partial charge on any atom is -0.506 e. The summed E-state index contributed by atoms with van der Waals surface area (Å²) in [7, 11) is -4.01. The third-order valence-corrected chi connectivity index (χ3v) is 5.09. The number of amides is 1. The molecule has 0 radical (unpaired) electrons. The molecule has 11 heteroatoms. The minimum atomic E-state index is -4.01. The Kier molecular flexibility index (Phi) is 12.3. The van der Waals surface area contributed by atoms with Gasteiger partial charge in [0.25, 0.3) is 0 Å². The summed E-state index contributed by atoms with van der Waals surface area (Å²) in [4.78, 5) is 23.8. The Labute approximate surface area is 193 Å². The van der Waals surface area contributed by atoms with Crippen LogP contribution in [0.1, 0.15) is 46.5 Å². The van der Waals surface area contributed by atoms with Crippen LogP contribution < -0.4 is 40.0 Å². The third-order valence-electron chi connectivity index (χ3n) is 4.18. The number of unbranched alkanes of at least 4 members (excludes halogenated alkanes) is 1. The van der Waals surface area contributed by atoms with E-state index in [1.165, 1.54) is 6.92 Å². The molecule has 1 amide bonds. The Balaban J connectivity index is 0.00000784. The molecule has 0 aromatic heterocycles. The summed E-state index contributed by atoms with van der Waals surface area (Å²) in [6.07, 6.45) is 3.98. The van der Waals surface area contributed by atoms with Crippen molar-refractivity contribution in [3.8, 4) is 5.75 Å². The van der Waals surface area contributed by atoms with E-state index in [1.54, 1.807) is 0 Å². The fourth-order valence-electron chi connectivity index (χ4n) is 2.40. The smallest absolute Gasteiger partial charge is 0.506 e. The van der Waals surface area contributed by atoms with Gasteiger partial charge in [0, 0.05) is 12.3 Å². The third kappa shape index (κ3) is 9.26. The molecule has 4 N–H and O–H groups in total. The van der Waals surface area contributed by atoms with Crippen molar-refractivity contribution in [2.24, 2.45) is 21.3 Å². The van der Waals surface area contributed by atoms with Crippen molar-refractivity contribution < 1.29 is 52.7 Å². The van der Waals surface area contributed by atoms with E-state index in [9.17, 15) is 23.1 Å². The summed E-state index contributed by atoms with van der Waals surface area (Å²) < 4.78 is 22.8. The fourth-order valence-corrected chi connectivity index (χ4v) is 2.94. The molecule has 0 fully saturated rings. The summed E-state index contributed by atoms with van der Waals surface area (Å²) >= 11 is 0. The van der Waals surface area contributed by atoms with Gasteiger partial charge in [0.2, 0.25) is 10.0 Å². The van der Waals surface area contributed by atoms with E-state index < -0.39 is 27.8 Å². The molecule has 0 aliphatic carbocycles. The number of hydrogen-bond donors (Lipinski definition) is 3. The van der Waals surface area contributed by atoms with Gasteiger partial charge in [0.1, 0.15) is 17.3 Å². The zero-order chi connectivity index (χ0) is 21.3. The first kappa shape index (κ1) is 27.5. The molecule has 29 heavy (non-hydrogen) atoms. The number of primary sulfonamides is 1. The van der Waals surface area contributed by atoms with Crippen LogP contribution in [0.15, 0.2) is 33.3 Å². The molecule has 0 aliphatic heterocycles. The van der Waals surface area contributed by atoms with Crippen molar-refractivity contribution in [3.05, 3.63) is 24.2 Å². The van der Waals surface area contributed by atoms with Gasteiger partial charge in [0.05, 0.1) is 4.90 Å². The Morgan fingerprint density at radius 2 is 1.97 bits per heavy atom. The molecule has 0 bridgehead atoms. The number of phenolic OH excluding ortho intramolecular Hbond substituents is 1. The molecule has 0 spiro atoms. The maximum atomic E-state index is 12.3. The van der Waals surface area contributed by atoms with Crippen molar-refractivity contribution >= 4 is 27.4 Å². The van der Waals surface area contributed by atoms with Crippen LogP contribution in [-0.4, -0.2) is 31.8 Å². The number of rotatable bonds is 11. The molecular weight excluding hydrogens is 407 g/mol. The number of phenols is 1. The van der Waals surface area contributed by atoms with Gasteiger partial charge in [-0.1, -0.05) is 33.1 Å². The summed E-state index contributed by atoms with van der Waals surface area (Å²) in [5, 5.41) is 24.8. The predicted molar refractivity (Wildman–Crippen MR) is 104 cm³/mol. The first-order valence-electron chi connectivity index (χ1n) is 9.03. The number of nitrogens with two attached hydrogens (primary N) is 1. The summed E-state index contributed by atoms with van der Waals surface area (Å²) in [5.41, 5.74) is -0.229.